The number of benzene rings is 1. The molecule has 0 aliphatic carbocycles. The molecular formula is C12H6F10OS2. The third-order valence-electron chi connectivity index (χ3n) is 2.44. The average Bonchev–Trinajstić information content (AvgIpc) is 2.43. The number of hydrogen-bond acceptors (Lipinski definition) is 3. The predicted octanol–water partition coefficient (Wildman–Crippen LogP) is 5.97. The van der Waals surface area contributed by atoms with E-state index in [0.29, 0.717) is 0 Å². The molecule has 0 N–H and O–H groups in total. The van der Waals surface area contributed by atoms with Gasteiger partial charge in [0, 0.05) is 5.56 Å². The van der Waals surface area contributed by atoms with E-state index in [1.165, 1.54) is 6.07 Å². The Kier molecular flexibility index (Phi) is 6.36. The maximum absolute atomic E-state index is 13.1. The van der Waals surface area contributed by atoms with Crippen molar-refractivity contribution in [3.8, 4) is 0 Å². The highest BCUT2D eigenvalue weighted by molar-refractivity contribution is 8.19. The van der Waals surface area contributed by atoms with Crippen LogP contribution in [0.25, 0.3) is 0 Å². The van der Waals surface area contributed by atoms with Gasteiger partial charge in [0.05, 0.1) is 0 Å². The van der Waals surface area contributed by atoms with E-state index in [1.807, 2.05) is 0 Å². The monoisotopic (exact) mass is 420 g/mol. The molecule has 0 heterocycles. The molecule has 0 saturated carbocycles. The van der Waals surface area contributed by atoms with Crippen molar-refractivity contribution in [1.82, 2.24) is 0 Å². The fourth-order valence-corrected chi connectivity index (χ4v) is 3.48. The van der Waals surface area contributed by atoms with Crippen LogP contribution in [0.3, 0.4) is 0 Å². The number of Topliss-reactive ketones (excluding diaryl/α,β-unsaturated/α-hetero) is 1. The maximum atomic E-state index is 13.1. The summed E-state index contributed by atoms with van der Waals surface area (Å²) < 4.78 is 123. The Morgan fingerprint density at radius 1 is 0.720 bits per heavy atom. The topological polar surface area (TPSA) is 17.1 Å². The Morgan fingerprint density at radius 2 is 1.08 bits per heavy atom. The molecular weight excluding hydrogens is 414 g/mol. The van der Waals surface area contributed by atoms with Crippen LogP contribution < -0.4 is 0 Å². The second kappa shape index (κ2) is 7.25. The number of carbonyl (C=O) groups is 1. The van der Waals surface area contributed by atoms with Gasteiger partial charge in [0.2, 0.25) is 0 Å². The maximum Gasteiger partial charge on any atom is 0.464 e. The summed E-state index contributed by atoms with van der Waals surface area (Å²) in [6.07, 6.45) is -12.5. The van der Waals surface area contributed by atoms with Gasteiger partial charge >= 0.3 is 22.9 Å². The molecule has 142 valence electrons. The summed E-state index contributed by atoms with van der Waals surface area (Å²) >= 11 is -3.25. The van der Waals surface area contributed by atoms with Crippen molar-refractivity contribution in [2.45, 2.75) is 27.4 Å². The first-order valence-corrected chi connectivity index (χ1v) is 7.68. The molecule has 0 aliphatic rings. The van der Waals surface area contributed by atoms with E-state index in [2.05, 4.69) is 0 Å². The van der Waals surface area contributed by atoms with E-state index in [9.17, 15) is 48.7 Å². The van der Waals surface area contributed by atoms with Crippen molar-refractivity contribution in [3.63, 3.8) is 0 Å². The van der Waals surface area contributed by atoms with Crippen LogP contribution in [-0.4, -0.2) is 33.2 Å². The number of thioether (sulfide) groups is 2. The van der Waals surface area contributed by atoms with Gasteiger partial charge in [-0.2, -0.15) is 43.9 Å². The first-order chi connectivity index (χ1) is 11.1. The lowest BCUT2D eigenvalue weighted by Gasteiger charge is -2.27. The van der Waals surface area contributed by atoms with Gasteiger partial charge in [-0.05, 0) is 0 Å². The van der Waals surface area contributed by atoms with Crippen LogP contribution >= 0.6 is 23.5 Å². The van der Waals surface area contributed by atoms with Crippen LogP contribution in [0.4, 0.5) is 43.9 Å². The molecule has 0 saturated heterocycles. The van der Waals surface area contributed by atoms with Crippen LogP contribution in [0.2, 0.25) is 0 Å². The molecule has 0 amide bonds. The highest BCUT2D eigenvalue weighted by atomic mass is 32.2. The standard InChI is InChI=1S/C12H6F10OS2/c13-9(14,15)11(19,20)24-8(25-12(21,22)10(16,17)18)7(23)6-4-2-1-3-5-6/h1-5,8H. The zero-order valence-electron chi connectivity index (χ0n) is 11.5. The molecule has 1 rings (SSSR count). The molecule has 1 aromatic carbocycles. The minimum absolute atomic E-state index is 0.594. The highest BCUT2D eigenvalue weighted by Crippen LogP contribution is 2.54. The molecule has 0 radical (unpaired) electrons. The number of ketones is 1. The van der Waals surface area contributed by atoms with Crippen LogP contribution in [-0.2, 0) is 0 Å². The summed E-state index contributed by atoms with van der Waals surface area (Å²) in [6, 6.07) is 5.33. The van der Waals surface area contributed by atoms with E-state index < -0.39 is 62.3 Å². The number of hydrogen-bond donors (Lipinski definition) is 0. The number of halogens is 10. The molecule has 0 unspecified atom stereocenters. The molecule has 0 atom stereocenters. The number of rotatable bonds is 6. The molecule has 1 aromatic rings. The Bertz CT molecular complexity index is 568. The Morgan fingerprint density at radius 3 is 1.40 bits per heavy atom. The zero-order valence-corrected chi connectivity index (χ0v) is 13.1. The van der Waals surface area contributed by atoms with Gasteiger partial charge in [-0.3, -0.25) is 4.79 Å². The van der Waals surface area contributed by atoms with E-state index >= 15 is 0 Å². The fraction of sp³-hybridized carbons (Fsp3) is 0.417. The largest absolute Gasteiger partial charge is 0.464 e. The third kappa shape index (κ3) is 5.43. The average molecular weight is 420 g/mol. The van der Waals surface area contributed by atoms with Gasteiger partial charge < -0.3 is 0 Å². The molecule has 13 heteroatoms. The summed E-state index contributed by atoms with van der Waals surface area (Å²) in [5.41, 5.74) is -0.594. The van der Waals surface area contributed by atoms with Crippen LogP contribution in [0.1, 0.15) is 10.4 Å². The van der Waals surface area contributed by atoms with Crippen molar-refractivity contribution in [2.75, 3.05) is 0 Å². The molecule has 0 bridgehead atoms. The second-order valence-corrected chi connectivity index (χ2v) is 7.07. The van der Waals surface area contributed by atoms with E-state index in [1.54, 1.807) is 0 Å². The molecule has 0 aliphatic heterocycles. The van der Waals surface area contributed by atoms with Crippen LogP contribution in [0.15, 0.2) is 30.3 Å². The molecule has 0 fully saturated rings. The first-order valence-electron chi connectivity index (χ1n) is 5.92. The minimum Gasteiger partial charge on any atom is -0.292 e. The fourth-order valence-electron chi connectivity index (χ4n) is 1.27. The lowest BCUT2D eigenvalue weighted by Crippen LogP contribution is -2.39. The Labute approximate surface area is 142 Å². The van der Waals surface area contributed by atoms with Crippen LogP contribution in [0.5, 0.6) is 0 Å². The third-order valence-corrected chi connectivity index (χ3v) is 4.93. The van der Waals surface area contributed by atoms with E-state index in [4.69, 9.17) is 0 Å². The Hall–Kier alpha value is -1.11. The molecule has 25 heavy (non-hydrogen) atoms. The van der Waals surface area contributed by atoms with Crippen molar-refractivity contribution in [3.05, 3.63) is 35.9 Å². The number of alkyl halides is 10. The zero-order chi connectivity index (χ0) is 19.7. The van der Waals surface area contributed by atoms with Gasteiger partial charge in [-0.25, -0.2) is 0 Å². The van der Waals surface area contributed by atoms with Crippen LogP contribution in [0, 0.1) is 0 Å². The van der Waals surface area contributed by atoms with Gasteiger partial charge in [-0.15, -0.1) is 0 Å². The molecule has 0 aromatic heterocycles. The molecule has 1 nitrogen and oxygen atoms in total. The van der Waals surface area contributed by atoms with Crippen molar-refractivity contribution in [2.24, 2.45) is 0 Å². The number of carbonyl (C=O) groups excluding carboxylic acids is 1. The van der Waals surface area contributed by atoms with Gasteiger partial charge in [-0.1, -0.05) is 53.9 Å². The van der Waals surface area contributed by atoms with E-state index in [-0.39, 0.29) is 0 Å². The SMILES string of the molecule is O=C(c1ccccc1)C(SC(F)(F)C(F)(F)F)SC(F)(F)C(F)(F)F. The highest BCUT2D eigenvalue weighted by Gasteiger charge is 2.64. The molecule has 0 spiro atoms. The lowest BCUT2D eigenvalue weighted by atomic mass is 10.1. The van der Waals surface area contributed by atoms with Gasteiger partial charge in [0.25, 0.3) is 0 Å². The quantitative estimate of drug-likeness (QED) is 0.321. The van der Waals surface area contributed by atoms with E-state index in [0.717, 1.165) is 24.3 Å². The summed E-state index contributed by atoms with van der Waals surface area (Å²) in [5.74, 6) is -1.73. The summed E-state index contributed by atoms with van der Waals surface area (Å²) in [7, 11) is 0. The lowest BCUT2D eigenvalue weighted by molar-refractivity contribution is -0.238. The van der Waals surface area contributed by atoms with Gasteiger partial charge in [0.15, 0.2) is 5.78 Å². The normalized spacial score (nSPS) is 14.0. The summed E-state index contributed by atoms with van der Waals surface area (Å²) in [6.45, 7) is 0. The smallest absolute Gasteiger partial charge is 0.292 e. The summed E-state index contributed by atoms with van der Waals surface area (Å²) in [4.78, 5) is 11.9. The van der Waals surface area contributed by atoms with Crippen molar-refractivity contribution >= 4 is 29.3 Å². The first kappa shape index (κ1) is 21.9. The minimum atomic E-state index is -6.25. The second-order valence-electron chi connectivity index (χ2n) is 4.33. The Balaban J connectivity index is 3.21. The van der Waals surface area contributed by atoms with Crippen molar-refractivity contribution in [1.29, 1.82) is 0 Å². The van der Waals surface area contributed by atoms with Gasteiger partial charge in [0.1, 0.15) is 4.58 Å². The summed E-state index contributed by atoms with van der Waals surface area (Å²) in [5, 5.41) is -11.4. The van der Waals surface area contributed by atoms with Crippen molar-refractivity contribution < 1.29 is 48.7 Å². The predicted molar refractivity (Wildman–Crippen MR) is 71.7 cm³/mol.